The summed E-state index contributed by atoms with van der Waals surface area (Å²) in [5.41, 5.74) is 0. The van der Waals surface area contributed by atoms with Crippen LogP contribution in [0.1, 0.15) is 0 Å². The summed E-state index contributed by atoms with van der Waals surface area (Å²) in [6.07, 6.45) is 0. The normalized spacial score (nSPS) is 14.7. The van der Waals surface area contributed by atoms with Gasteiger partial charge in [0, 0.05) is 0 Å². The molecule has 0 atom stereocenters. The molecule has 13 heavy (non-hydrogen) atoms. The number of quaternary nitrogens is 2. The number of nitrogens with one attached hydrogen (secondary N) is 1. The summed E-state index contributed by atoms with van der Waals surface area (Å²) in [6, 6.07) is 0. The molecule has 0 aromatic heterocycles. The first-order chi connectivity index (χ1) is 5.66. The molecule has 0 heterocycles. The second kappa shape index (κ2) is 4.08. The Morgan fingerprint density at radius 3 is 2.08 bits per heavy atom. The highest BCUT2D eigenvalue weighted by Gasteiger charge is 2.13. The van der Waals surface area contributed by atoms with Gasteiger partial charge < -0.3 is 5.11 Å². The third kappa shape index (κ3) is 6.56. The summed E-state index contributed by atoms with van der Waals surface area (Å²) in [5, 5.41) is 17.8. The van der Waals surface area contributed by atoms with Gasteiger partial charge in [-0.25, -0.2) is 9.93 Å². The molecule has 74 valence electrons. The molecule has 0 aliphatic rings. The highest BCUT2D eigenvalue weighted by Crippen LogP contribution is 1.93. The number of hydrogen-bond acceptors (Lipinski definition) is 3. The van der Waals surface area contributed by atoms with Gasteiger partial charge >= 0.3 is 0 Å². The summed E-state index contributed by atoms with van der Waals surface area (Å²) in [6.45, 7) is 0.242. The van der Waals surface area contributed by atoms with Gasteiger partial charge in [-0.1, -0.05) is 5.10 Å². The number of likely N-dealkylation sites (N-methyl/N-ethyl adjacent to an activating group) is 1. The van der Waals surface area contributed by atoms with E-state index in [-0.39, 0.29) is 21.6 Å². The maximum atomic E-state index is 11.3. The van der Waals surface area contributed by atoms with Crippen molar-refractivity contribution >= 4 is 13.9 Å². The van der Waals surface area contributed by atoms with Gasteiger partial charge in [0.2, 0.25) is 0 Å². The lowest BCUT2D eigenvalue weighted by atomic mass is 10.4. The van der Waals surface area contributed by atoms with Gasteiger partial charge in [0.15, 0.2) is 0 Å². The lowest BCUT2D eigenvalue weighted by Crippen LogP contribution is -2.55. The standard InChI is InChI=1S/C7H18BN4O/c1-11(2,3)9-7(13)6-12(4,5)10-8/h10H,6H2,1-5H3/q+1. The Morgan fingerprint density at radius 2 is 1.77 bits per heavy atom. The lowest BCUT2D eigenvalue weighted by Gasteiger charge is -2.31. The van der Waals surface area contributed by atoms with E-state index in [1.165, 1.54) is 0 Å². The first kappa shape index (κ1) is 12.4. The molecule has 0 saturated carbocycles. The van der Waals surface area contributed by atoms with Crippen molar-refractivity contribution in [2.45, 2.75) is 0 Å². The highest BCUT2D eigenvalue weighted by molar-refractivity contribution is 6.03. The molecule has 0 aliphatic carbocycles. The first-order valence-electron chi connectivity index (χ1n) is 4.05. The molecule has 0 amide bonds. The third-order valence-electron chi connectivity index (χ3n) is 1.29. The van der Waals surface area contributed by atoms with E-state index < -0.39 is 0 Å². The topological polar surface area (TPSA) is 47.4 Å². The van der Waals surface area contributed by atoms with Gasteiger partial charge in [-0.15, -0.1) is 0 Å². The number of hydrogen-bond donors (Lipinski definition) is 1. The Kier molecular flexibility index (Phi) is 3.90. The number of rotatable bonds is 4. The van der Waals surface area contributed by atoms with Gasteiger partial charge in [-0.05, 0) is 0 Å². The Hall–Kier alpha value is -0.585. The van der Waals surface area contributed by atoms with Crippen molar-refractivity contribution in [2.75, 3.05) is 41.8 Å². The van der Waals surface area contributed by atoms with E-state index >= 15 is 0 Å². The van der Waals surface area contributed by atoms with E-state index in [9.17, 15) is 5.11 Å². The van der Waals surface area contributed by atoms with Crippen LogP contribution in [0.4, 0.5) is 0 Å². The van der Waals surface area contributed by atoms with Crippen LogP contribution in [0, 0.1) is 0 Å². The van der Waals surface area contributed by atoms with Crippen LogP contribution >= 0.6 is 0 Å². The Morgan fingerprint density at radius 1 is 1.31 bits per heavy atom. The summed E-state index contributed by atoms with van der Waals surface area (Å²) < 4.78 is 0.506. The summed E-state index contributed by atoms with van der Waals surface area (Å²) in [4.78, 5) is 0. The highest BCUT2D eigenvalue weighted by atomic mass is 16.3. The van der Waals surface area contributed by atoms with Crippen LogP contribution in [-0.2, 0) is 0 Å². The molecule has 0 aromatic carbocycles. The van der Waals surface area contributed by atoms with Crippen molar-refractivity contribution < 1.29 is 14.3 Å². The van der Waals surface area contributed by atoms with Crippen molar-refractivity contribution in [2.24, 2.45) is 5.10 Å². The monoisotopic (exact) mass is 185 g/mol. The van der Waals surface area contributed by atoms with Crippen molar-refractivity contribution in [3.63, 3.8) is 0 Å². The van der Waals surface area contributed by atoms with Crippen LogP contribution in [0.5, 0.6) is 0 Å². The van der Waals surface area contributed by atoms with E-state index in [0.717, 1.165) is 0 Å². The van der Waals surface area contributed by atoms with Gasteiger partial charge in [-0.3, -0.25) is 4.59 Å². The lowest BCUT2D eigenvalue weighted by molar-refractivity contribution is -0.916. The molecule has 1 N–H and O–H groups in total. The molecule has 6 heteroatoms. The second-order valence-electron chi connectivity index (χ2n) is 4.41. The Bertz CT molecular complexity index is 197. The van der Waals surface area contributed by atoms with Crippen LogP contribution in [0.15, 0.2) is 5.10 Å². The van der Waals surface area contributed by atoms with E-state index in [2.05, 4.69) is 10.4 Å². The molecule has 0 aliphatic heterocycles. The molecule has 0 spiro atoms. The zero-order valence-electron chi connectivity index (χ0n) is 9.03. The third-order valence-corrected chi connectivity index (χ3v) is 1.29. The van der Waals surface area contributed by atoms with Crippen molar-refractivity contribution in [1.29, 1.82) is 0 Å². The average molecular weight is 185 g/mol. The Balaban J connectivity index is 4.31. The van der Waals surface area contributed by atoms with E-state index in [1.54, 1.807) is 14.1 Å². The molecule has 5 nitrogen and oxygen atoms in total. The minimum atomic E-state index is -0.171. The predicted molar refractivity (Wildman–Crippen MR) is 51.3 cm³/mol. The van der Waals surface area contributed by atoms with E-state index in [4.69, 9.17) is 7.98 Å². The minimum Gasteiger partial charge on any atom is -0.854 e. The fraction of sp³-hybridized carbons (Fsp3) is 0.857. The van der Waals surface area contributed by atoms with Crippen LogP contribution in [0.2, 0.25) is 0 Å². The Labute approximate surface area is 81.2 Å². The summed E-state index contributed by atoms with van der Waals surface area (Å²) >= 11 is 0. The maximum absolute atomic E-state index is 11.3. The molecule has 0 fully saturated rings. The summed E-state index contributed by atoms with van der Waals surface area (Å²) in [5.74, 6) is -0.171. The number of nitrogens with zero attached hydrogens (tertiary/aromatic N) is 3. The molecule has 2 radical (unpaired) electrons. The average Bonchev–Trinajstić information content (AvgIpc) is 1.81. The van der Waals surface area contributed by atoms with Gasteiger partial charge in [0.25, 0.3) is 7.98 Å². The first-order valence-corrected chi connectivity index (χ1v) is 4.05. The largest absolute Gasteiger partial charge is 0.854 e. The van der Waals surface area contributed by atoms with Gasteiger partial charge in [-0.2, -0.15) is 0 Å². The maximum Gasteiger partial charge on any atom is 0.259 e. The van der Waals surface area contributed by atoms with Crippen LogP contribution in [-0.4, -0.2) is 64.8 Å². The molecule has 0 rings (SSSR count). The zero-order chi connectivity index (χ0) is 10.7. The van der Waals surface area contributed by atoms with Crippen molar-refractivity contribution in [3.05, 3.63) is 0 Å². The van der Waals surface area contributed by atoms with Crippen molar-refractivity contribution in [1.82, 2.24) is 5.34 Å². The SMILES string of the molecule is [B]N[N+](C)(C)C/C([O-])=N/[N+](C)(C)C. The molecular weight excluding hydrogens is 167 g/mol. The molecule has 0 saturated heterocycles. The fourth-order valence-corrected chi connectivity index (χ4v) is 0.750. The summed E-state index contributed by atoms with van der Waals surface area (Å²) in [7, 11) is 14.3. The second-order valence-corrected chi connectivity index (χ2v) is 4.41. The van der Waals surface area contributed by atoms with Gasteiger partial charge in [0.1, 0.15) is 6.54 Å². The smallest absolute Gasteiger partial charge is 0.259 e. The van der Waals surface area contributed by atoms with E-state index in [1.807, 2.05) is 21.1 Å². The van der Waals surface area contributed by atoms with Gasteiger partial charge in [0.05, 0.1) is 41.1 Å². The van der Waals surface area contributed by atoms with Crippen LogP contribution in [0.25, 0.3) is 0 Å². The van der Waals surface area contributed by atoms with E-state index in [0.29, 0.717) is 0 Å². The molecule has 0 aromatic rings. The molecule has 0 bridgehead atoms. The molecule has 0 unspecified atom stereocenters. The van der Waals surface area contributed by atoms with Crippen molar-refractivity contribution in [3.8, 4) is 0 Å². The fourth-order valence-electron chi connectivity index (χ4n) is 0.750. The zero-order valence-corrected chi connectivity index (χ0v) is 9.03. The van der Waals surface area contributed by atoms with Crippen LogP contribution < -0.4 is 10.4 Å². The predicted octanol–water partition coefficient (Wildman–Crippen LogP) is -1.97. The van der Waals surface area contributed by atoms with Crippen LogP contribution in [0.3, 0.4) is 0 Å². The minimum absolute atomic E-state index is 0.171. The quantitative estimate of drug-likeness (QED) is 0.181. The molecular formula is C7H18BN4O+.